The molecule has 0 aromatic carbocycles. The van der Waals surface area contributed by atoms with Crippen LogP contribution in [0.3, 0.4) is 0 Å². The van der Waals surface area contributed by atoms with Crippen LogP contribution in [0.15, 0.2) is 21.7 Å². The fraction of sp³-hybridized carbons (Fsp3) is 0.750. The van der Waals surface area contributed by atoms with Gasteiger partial charge in [-0.1, -0.05) is 26.8 Å². The van der Waals surface area contributed by atoms with Gasteiger partial charge in [-0.25, -0.2) is 8.42 Å². The van der Waals surface area contributed by atoms with Crippen molar-refractivity contribution >= 4 is 27.3 Å². The summed E-state index contributed by atoms with van der Waals surface area (Å²) in [6.45, 7) is 8.71. The normalized spacial score (nSPS) is 32.0. The fourth-order valence-electron chi connectivity index (χ4n) is 5.83. The van der Waals surface area contributed by atoms with Crippen molar-refractivity contribution in [2.45, 2.75) is 63.1 Å². The highest BCUT2D eigenvalue weighted by Crippen LogP contribution is 2.52. The van der Waals surface area contributed by atoms with Crippen LogP contribution in [0.5, 0.6) is 0 Å². The van der Waals surface area contributed by atoms with Gasteiger partial charge in [-0.15, -0.1) is 11.3 Å². The summed E-state index contributed by atoms with van der Waals surface area (Å²) >= 11 is 1.26. The minimum atomic E-state index is -3.40. The van der Waals surface area contributed by atoms with Gasteiger partial charge in [0.15, 0.2) is 0 Å². The lowest BCUT2D eigenvalue weighted by Gasteiger charge is -2.39. The molecule has 1 saturated carbocycles. The summed E-state index contributed by atoms with van der Waals surface area (Å²) in [6.07, 6.45) is 4.64. The van der Waals surface area contributed by atoms with Gasteiger partial charge in [0.1, 0.15) is 4.21 Å². The van der Waals surface area contributed by atoms with E-state index in [2.05, 4.69) is 25.7 Å². The SMILES string of the molecule is CC1(C)C[C@H]2C[C@@](C)(CN2C(=O)C2CCN(S(=O)(=O)c3cccs3)CC2)C1. The van der Waals surface area contributed by atoms with E-state index >= 15 is 0 Å². The van der Waals surface area contributed by atoms with Crippen molar-refractivity contribution in [2.75, 3.05) is 19.6 Å². The lowest BCUT2D eigenvalue weighted by molar-refractivity contribution is -0.138. The summed E-state index contributed by atoms with van der Waals surface area (Å²) in [5, 5.41) is 1.79. The molecular weight excluding hydrogens is 380 g/mol. The van der Waals surface area contributed by atoms with E-state index in [1.807, 2.05) is 0 Å². The van der Waals surface area contributed by atoms with Crippen LogP contribution in [0.1, 0.15) is 52.9 Å². The van der Waals surface area contributed by atoms with Gasteiger partial charge >= 0.3 is 0 Å². The van der Waals surface area contributed by atoms with Gasteiger partial charge in [0.05, 0.1) is 0 Å². The Morgan fingerprint density at radius 3 is 2.52 bits per heavy atom. The number of carbonyl (C=O) groups is 1. The zero-order valence-corrected chi connectivity index (χ0v) is 18.1. The molecular formula is C20H30N2O3S2. The smallest absolute Gasteiger partial charge is 0.252 e. The van der Waals surface area contributed by atoms with Gasteiger partial charge < -0.3 is 4.90 Å². The highest BCUT2D eigenvalue weighted by Gasteiger charge is 2.51. The summed E-state index contributed by atoms with van der Waals surface area (Å²) in [5.41, 5.74) is 0.538. The standard InChI is InChI=1S/C20H30N2O3S2/c1-19(2)11-16-12-20(3,13-19)14-22(16)18(23)15-6-8-21(9-7-15)27(24,25)17-5-4-10-26-17/h4-5,10,15-16H,6-9,11-14H2,1-3H3/t16-,20+/m0/s1. The Labute approximate surface area is 166 Å². The molecule has 0 radical (unpaired) electrons. The molecule has 3 aliphatic rings. The summed E-state index contributed by atoms with van der Waals surface area (Å²) in [6, 6.07) is 3.78. The lowest BCUT2D eigenvalue weighted by Crippen LogP contribution is -2.46. The second-order valence-corrected chi connectivity index (χ2v) is 12.9. The molecule has 4 rings (SSSR count). The zero-order valence-electron chi connectivity index (χ0n) is 16.5. The minimum absolute atomic E-state index is 0.0363. The van der Waals surface area contributed by atoms with Gasteiger partial charge in [-0.3, -0.25) is 4.79 Å². The summed E-state index contributed by atoms with van der Waals surface area (Å²) < 4.78 is 27.3. The fourth-order valence-corrected chi connectivity index (χ4v) is 8.45. The second-order valence-electron chi connectivity index (χ2n) is 9.79. The summed E-state index contributed by atoms with van der Waals surface area (Å²) in [7, 11) is -3.40. The summed E-state index contributed by atoms with van der Waals surface area (Å²) in [4.78, 5) is 15.4. The van der Waals surface area contributed by atoms with E-state index in [9.17, 15) is 13.2 Å². The van der Waals surface area contributed by atoms with Crippen LogP contribution >= 0.6 is 11.3 Å². The average molecular weight is 411 g/mol. The average Bonchev–Trinajstić information content (AvgIpc) is 3.20. The van der Waals surface area contributed by atoms with Crippen LogP contribution in [0, 0.1) is 16.7 Å². The Kier molecular flexibility index (Phi) is 4.71. The van der Waals surface area contributed by atoms with E-state index < -0.39 is 10.0 Å². The number of likely N-dealkylation sites (tertiary alicyclic amines) is 1. The van der Waals surface area contributed by atoms with Crippen molar-refractivity contribution < 1.29 is 13.2 Å². The van der Waals surface area contributed by atoms with Gasteiger partial charge in [-0.05, 0) is 54.4 Å². The molecule has 27 heavy (non-hydrogen) atoms. The first-order valence-corrected chi connectivity index (χ1v) is 12.3. The van der Waals surface area contributed by atoms with E-state index in [1.165, 1.54) is 17.8 Å². The highest BCUT2D eigenvalue weighted by molar-refractivity contribution is 7.91. The van der Waals surface area contributed by atoms with E-state index in [0.29, 0.717) is 41.6 Å². The molecule has 7 heteroatoms. The first kappa shape index (κ1) is 19.4. The van der Waals surface area contributed by atoms with Crippen molar-refractivity contribution in [2.24, 2.45) is 16.7 Å². The molecule has 150 valence electrons. The third-order valence-corrected chi connectivity index (χ3v) is 9.86. The summed E-state index contributed by atoms with van der Waals surface area (Å²) in [5.74, 6) is 0.223. The predicted octanol–water partition coefficient (Wildman–Crippen LogP) is 3.58. The molecule has 0 N–H and O–H groups in total. The van der Waals surface area contributed by atoms with Gasteiger partial charge in [0, 0.05) is 31.6 Å². The molecule has 2 bridgehead atoms. The number of hydrogen-bond acceptors (Lipinski definition) is 4. The number of nitrogens with zero attached hydrogens (tertiary/aromatic N) is 2. The number of rotatable bonds is 3. The number of piperidine rings is 1. The Hall–Kier alpha value is -0.920. The first-order chi connectivity index (χ1) is 12.6. The molecule has 0 spiro atoms. The van der Waals surface area contributed by atoms with E-state index in [0.717, 1.165) is 19.4 Å². The molecule has 1 aromatic rings. The zero-order chi connectivity index (χ0) is 19.4. The molecule has 1 amide bonds. The Balaban J connectivity index is 1.41. The quantitative estimate of drug-likeness (QED) is 0.765. The van der Waals surface area contributed by atoms with E-state index in [-0.39, 0.29) is 17.2 Å². The van der Waals surface area contributed by atoms with Crippen LogP contribution in [0.4, 0.5) is 0 Å². The van der Waals surface area contributed by atoms with Crippen molar-refractivity contribution in [3.05, 3.63) is 17.5 Å². The van der Waals surface area contributed by atoms with Crippen LogP contribution in [-0.2, 0) is 14.8 Å². The molecule has 3 fully saturated rings. The second kappa shape index (κ2) is 6.56. The maximum absolute atomic E-state index is 13.2. The number of amides is 1. The van der Waals surface area contributed by atoms with Crippen molar-refractivity contribution in [1.29, 1.82) is 0 Å². The molecule has 2 aliphatic heterocycles. The first-order valence-electron chi connectivity index (χ1n) is 9.94. The van der Waals surface area contributed by atoms with E-state index in [4.69, 9.17) is 0 Å². The minimum Gasteiger partial charge on any atom is -0.339 e. The van der Waals surface area contributed by atoms with Gasteiger partial charge in [-0.2, -0.15) is 4.31 Å². The number of sulfonamides is 1. The van der Waals surface area contributed by atoms with Crippen LogP contribution < -0.4 is 0 Å². The molecule has 1 aromatic heterocycles. The Morgan fingerprint density at radius 2 is 1.89 bits per heavy atom. The van der Waals surface area contributed by atoms with Crippen LogP contribution in [0.2, 0.25) is 0 Å². The predicted molar refractivity (Wildman–Crippen MR) is 107 cm³/mol. The Morgan fingerprint density at radius 1 is 1.19 bits per heavy atom. The van der Waals surface area contributed by atoms with Gasteiger partial charge in [0.2, 0.25) is 5.91 Å². The van der Waals surface area contributed by atoms with Gasteiger partial charge in [0.25, 0.3) is 10.0 Å². The number of hydrogen-bond donors (Lipinski definition) is 0. The van der Waals surface area contributed by atoms with Crippen molar-refractivity contribution in [3.63, 3.8) is 0 Å². The van der Waals surface area contributed by atoms with Crippen LogP contribution in [0.25, 0.3) is 0 Å². The monoisotopic (exact) mass is 410 g/mol. The number of fused-ring (bicyclic) bond motifs is 2. The maximum atomic E-state index is 13.2. The molecule has 3 heterocycles. The maximum Gasteiger partial charge on any atom is 0.252 e. The van der Waals surface area contributed by atoms with Crippen molar-refractivity contribution in [1.82, 2.24) is 9.21 Å². The van der Waals surface area contributed by atoms with Crippen molar-refractivity contribution in [3.8, 4) is 0 Å². The topological polar surface area (TPSA) is 57.7 Å². The molecule has 0 unspecified atom stereocenters. The van der Waals surface area contributed by atoms with Crippen LogP contribution in [-0.4, -0.2) is 49.2 Å². The third kappa shape index (κ3) is 3.58. The molecule has 1 aliphatic carbocycles. The third-order valence-electron chi connectivity index (χ3n) is 6.59. The highest BCUT2D eigenvalue weighted by atomic mass is 32.2. The molecule has 2 atom stereocenters. The van der Waals surface area contributed by atoms with E-state index in [1.54, 1.807) is 21.8 Å². The Bertz CT molecular complexity index is 810. The lowest BCUT2D eigenvalue weighted by atomic mass is 9.65. The number of thiophene rings is 1. The molecule has 2 saturated heterocycles. The largest absolute Gasteiger partial charge is 0.339 e. The number of carbonyl (C=O) groups excluding carboxylic acids is 1. The molecule has 5 nitrogen and oxygen atoms in total.